The Labute approximate surface area is 464 Å². The van der Waals surface area contributed by atoms with Gasteiger partial charge in [-0.05, 0) is 44.5 Å². The molecule has 11 heteroatoms. The fourth-order valence-electron chi connectivity index (χ4n) is 9.84. The molecule has 2 fully saturated rings. The Morgan fingerprint density at radius 1 is 0.228 bits per heavy atom. The van der Waals surface area contributed by atoms with Crippen molar-refractivity contribution in [3.8, 4) is 0 Å². The van der Waals surface area contributed by atoms with Gasteiger partial charge in [-0.3, -0.25) is 0 Å². The maximum Gasteiger partial charge on any atom is 0.187 e. The standard InChI is InChI=1S/C68H70O11/c1-9-25-51(26-10-1)41-69-49-59-61(71-43-53-29-13-3-14-30-53)63(72-44-54-31-15-4-16-32-54)66(75-47-57-37-21-7-22-38-57)68(78-59)79-62-60(50-70-42-52-27-11-2-12-28-52)77-67(76-48-58-39-23-8-24-40-58)65(74-46-56-35-19-6-20-36-56)64(62)73-45-55-33-17-5-18-34-55/h1-40,59-68H,41-50H2/t59-,60-,61-,62-,63+,64+,65-,66-,67-,68-/m1/s1. The number of hydrogen-bond acceptors (Lipinski definition) is 11. The lowest BCUT2D eigenvalue weighted by Gasteiger charge is -2.50. The van der Waals surface area contributed by atoms with Crippen LogP contribution in [0.15, 0.2) is 243 Å². The van der Waals surface area contributed by atoms with Crippen LogP contribution in [-0.2, 0) is 105 Å². The van der Waals surface area contributed by atoms with Crippen molar-refractivity contribution in [2.45, 2.75) is 114 Å². The zero-order valence-electron chi connectivity index (χ0n) is 44.4. The normalized spacial score (nSPS) is 23.0. The molecule has 0 amide bonds. The molecule has 8 aromatic rings. The molecule has 0 saturated carbocycles. The number of benzene rings is 8. The van der Waals surface area contributed by atoms with Crippen molar-refractivity contribution in [1.82, 2.24) is 0 Å². The highest BCUT2D eigenvalue weighted by molar-refractivity contribution is 5.20. The summed E-state index contributed by atoms with van der Waals surface area (Å²) in [5.41, 5.74) is 7.89. The SMILES string of the molecule is c1ccc(COC[C@H]2O[C@H](O[C@H]3[C@H](OCc4ccccc4)[C@@H](OCc4ccccc4)[C@H](OCc4ccccc4)O[C@@H]3COCc3ccccc3)[C@H](OCc3ccccc3)[C@@H](OCc3ccccc3)[C@@H]2OCc2ccccc2)cc1. The Hall–Kier alpha value is -6.68. The summed E-state index contributed by atoms with van der Waals surface area (Å²) >= 11 is 0. The van der Waals surface area contributed by atoms with Crippen LogP contribution in [0.3, 0.4) is 0 Å². The predicted octanol–water partition coefficient (Wildman–Crippen LogP) is 12.4. The minimum Gasteiger partial charge on any atom is -0.374 e. The summed E-state index contributed by atoms with van der Waals surface area (Å²) in [4.78, 5) is 0. The topological polar surface area (TPSA) is 102 Å². The fourth-order valence-corrected chi connectivity index (χ4v) is 9.84. The summed E-state index contributed by atoms with van der Waals surface area (Å²) in [6, 6.07) is 80.6. The molecule has 0 radical (unpaired) electrons. The van der Waals surface area contributed by atoms with E-state index in [1.165, 1.54) is 0 Å². The average molecular weight is 1060 g/mol. The van der Waals surface area contributed by atoms with E-state index in [-0.39, 0.29) is 52.9 Å². The lowest BCUT2D eigenvalue weighted by Crippen LogP contribution is -2.66. The molecular formula is C68H70O11. The van der Waals surface area contributed by atoms with Gasteiger partial charge in [-0.1, -0.05) is 243 Å². The Morgan fingerprint density at radius 2 is 0.468 bits per heavy atom. The molecule has 0 N–H and O–H groups in total. The summed E-state index contributed by atoms with van der Waals surface area (Å²) in [6.45, 7) is 2.40. The molecule has 0 aliphatic carbocycles. The van der Waals surface area contributed by atoms with E-state index in [0.717, 1.165) is 44.5 Å². The average Bonchev–Trinajstić information content (AvgIpc) is 3.55. The second kappa shape index (κ2) is 30.1. The zero-order chi connectivity index (χ0) is 53.5. The van der Waals surface area contributed by atoms with Crippen molar-refractivity contribution in [1.29, 1.82) is 0 Å². The highest BCUT2D eigenvalue weighted by Crippen LogP contribution is 2.37. The van der Waals surface area contributed by atoms with Crippen molar-refractivity contribution in [3.05, 3.63) is 287 Å². The van der Waals surface area contributed by atoms with Crippen LogP contribution in [0.1, 0.15) is 44.5 Å². The van der Waals surface area contributed by atoms with Gasteiger partial charge in [-0.25, -0.2) is 0 Å². The number of rotatable bonds is 28. The van der Waals surface area contributed by atoms with Gasteiger partial charge in [0.25, 0.3) is 0 Å². The molecule has 2 aliphatic rings. The Morgan fingerprint density at radius 3 is 0.810 bits per heavy atom. The first-order chi connectivity index (χ1) is 39.2. The molecular weight excluding hydrogens is 993 g/mol. The third-order valence-corrected chi connectivity index (χ3v) is 13.9. The Balaban J connectivity index is 1.06. The predicted molar refractivity (Wildman–Crippen MR) is 301 cm³/mol. The van der Waals surface area contributed by atoms with Crippen LogP contribution in [0.4, 0.5) is 0 Å². The number of hydrogen-bond donors (Lipinski definition) is 0. The first-order valence-electron chi connectivity index (χ1n) is 27.3. The van der Waals surface area contributed by atoms with E-state index in [1.807, 2.05) is 243 Å². The largest absolute Gasteiger partial charge is 0.374 e. The summed E-state index contributed by atoms with van der Waals surface area (Å²) in [7, 11) is 0. The van der Waals surface area contributed by atoms with Crippen LogP contribution in [-0.4, -0.2) is 74.6 Å². The van der Waals surface area contributed by atoms with Crippen molar-refractivity contribution < 1.29 is 52.1 Å². The summed E-state index contributed by atoms with van der Waals surface area (Å²) < 4.78 is 77.7. The van der Waals surface area contributed by atoms with E-state index in [9.17, 15) is 0 Å². The third-order valence-electron chi connectivity index (χ3n) is 13.9. The monoisotopic (exact) mass is 1060 g/mol. The second-order valence-corrected chi connectivity index (χ2v) is 19.8. The zero-order valence-corrected chi connectivity index (χ0v) is 44.4. The van der Waals surface area contributed by atoms with Crippen LogP contribution in [0.5, 0.6) is 0 Å². The fraction of sp³-hybridized carbons (Fsp3) is 0.294. The Bertz CT molecular complexity index is 2890. The minimum atomic E-state index is -1.11. The molecule has 11 nitrogen and oxygen atoms in total. The number of ether oxygens (including phenoxy) is 11. The maximum atomic E-state index is 7.63. The maximum absolute atomic E-state index is 7.63. The smallest absolute Gasteiger partial charge is 0.187 e. The first kappa shape index (κ1) is 55.6. The second-order valence-electron chi connectivity index (χ2n) is 19.8. The lowest BCUT2D eigenvalue weighted by molar-refractivity contribution is -0.378. The van der Waals surface area contributed by atoms with Crippen LogP contribution in [0, 0.1) is 0 Å². The minimum absolute atomic E-state index is 0.101. The van der Waals surface area contributed by atoms with E-state index < -0.39 is 61.4 Å². The molecule has 2 aliphatic heterocycles. The molecule has 0 spiro atoms. The van der Waals surface area contributed by atoms with Crippen molar-refractivity contribution >= 4 is 0 Å². The van der Waals surface area contributed by atoms with Gasteiger partial charge in [0.15, 0.2) is 12.6 Å². The molecule has 10 atom stereocenters. The Kier molecular flexibility index (Phi) is 21.2. The highest BCUT2D eigenvalue weighted by atomic mass is 16.8. The van der Waals surface area contributed by atoms with Gasteiger partial charge in [0, 0.05) is 0 Å². The van der Waals surface area contributed by atoms with Crippen LogP contribution in [0.25, 0.3) is 0 Å². The van der Waals surface area contributed by atoms with Gasteiger partial charge in [0.05, 0.1) is 66.1 Å². The van der Waals surface area contributed by atoms with E-state index in [0.29, 0.717) is 13.2 Å². The van der Waals surface area contributed by atoms with Gasteiger partial charge in [-0.15, -0.1) is 0 Å². The van der Waals surface area contributed by atoms with Gasteiger partial charge >= 0.3 is 0 Å². The van der Waals surface area contributed by atoms with Crippen LogP contribution < -0.4 is 0 Å². The molecule has 2 heterocycles. The molecule has 2 saturated heterocycles. The highest BCUT2D eigenvalue weighted by Gasteiger charge is 2.55. The quantitative estimate of drug-likeness (QED) is 0.0469. The first-order valence-corrected chi connectivity index (χ1v) is 27.3. The van der Waals surface area contributed by atoms with Gasteiger partial charge in [0.1, 0.15) is 48.8 Å². The van der Waals surface area contributed by atoms with Crippen LogP contribution in [0.2, 0.25) is 0 Å². The molecule has 0 bridgehead atoms. The van der Waals surface area contributed by atoms with Crippen molar-refractivity contribution in [2.24, 2.45) is 0 Å². The van der Waals surface area contributed by atoms with E-state index in [2.05, 4.69) is 0 Å². The van der Waals surface area contributed by atoms with Crippen molar-refractivity contribution in [2.75, 3.05) is 13.2 Å². The van der Waals surface area contributed by atoms with Crippen LogP contribution >= 0.6 is 0 Å². The van der Waals surface area contributed by atoms with E-state index in [1.54, 1.807) is 0 Å². The molecule has 0 aromatic heterocycles. The molecule has 10 rings (SSSR count). The van der Waals surface area contributed by atoms with Gasteiger partial charge in [0.2, 0.25) is 0 Å². The lowest BCUT2D eigenvalue weighted by atomic mass is 9.95. The molecule has 79 heavy (non-hydrogen) atoms. The third kappa shape index (κ3) is 16.7. The molecule has 8 aromatic carbocycles. The van der Waals surface area contributed by atoms with Crippen molar-refractivity contribution in [3.63, 3.8) is 0 Å². The van der Waals surface area contributed by atoms with Gasteiger partial charge in [-0.2, -0.15) is 0 Å². The van der Waals surface area contributed by atoms with E-state index in [4.69, 9.17) is 52.1 Å². The molecule has 408 valence electrons. The summed E-state index contributed by atoms with van der Waals surface area (Å²) in [6.07, 6.45) is -8.45. The van der Waals surface area contributed by atoms with E-state index >= 15 is 0 Å². The summed E-state index contributed by atoms with van der Waals surface area (Å²) in [5, 5.41) is 0. The molecule has 0 unspecified atom stereocenters. The van der Waals surface area contributed by atoms with Gasteiger partial charge < -0.3 is 52.1 Å². The summed E-state index contributed by atoms with van der Waals surface area (Å²) in [5.74, 6) is 0.